The Hall–Kier alpha value is -1.41. The lowest BCUT2D eigenvalue weighted by molar-refractivity contribution is -0.138. The van der Waals surface area contributed by atoms with Gasteiger partial charge in [-0.15, -0.1) is 6.42 Å². The van der Waals surface area contributed by atoms with Crippen LogP contribution in [0.1, 0.15) is 6.42 Å². The summed E-state index contributed by atoms with van der Waals surface area (Å²) < 4.78 is 58.7. The maximum absolute atomic E-state index is 10.3. The van der Waals surface area contributed by atoms with Crippen molar-refractivity contribution in [2.24, 2.45) is 0 Å². The number of hydrogen-bond acceptors (Lipinski definition) is 12. The summed E-state index contributed by atoms with van der Waals surface area (Å²) in [4.78, 5) is 10.3. The van der Waals surface area contributed by atoms with E-state index < -0.39 is 5.97 Å². The highest BCUT2D eigenvalue weighted by Gasteiger charge is 1.97. The number of carboxylic acids is 1. The summed E-state index contributed by atoms with van der Waals surface area (Å²) in [5, 5.41) is 8.47. The summed E-state index contributed by atoms with van der Waals surface area (Å²) in [6.45, 7) is 10.1. The van der Waals surface area contributed by atoms with Gasteiger partial charge in [-0.1, -0.05) is 5.92 Å². The summed E-state index contributed by atoms with van der Waals surface area (Å²) in [6.07, 6.45) is 5.07. The molecule has 0 aromatic heterocycles. The topological polar surface area (TPSA) is 139 Å². The fourth-order valence-electron chi connectivity index (χ4n) is 2.49. The molecule has 0 amide bonds. The van der Waals surface area contributed by atoms with E-state index >= 15 is 0 Å². The first-order valence-corrected chi connectivity index (χ1v) is 13.3. The largest absolute Gasteiger partial charge is 0.481 e. The van der Waals surface area contributed by atoms with Crippen molar-refractivity contribution in [3.8, 4) is 12.3 Å². The van der Waals surface area contributed by atoms with Crippen LogP contribution in [0.2, 0.25) is 0 Å². The zero-order valence-electron chi connectivity index (χ0n) is 23.2. The molecule has 0 aromatic carbocycles. The van der Waals surface area contributed by atoms with Crippen molar-refractivity contribution in [3.05, 3.63) is 0 Å². The summed E-state index contributed by atoms with van der Waals surface area (Å²) in [6, 6.07) is 0. The molecule has 0 aromatic rings. The van der Waals surface area contributed by atoms with Crippen LogP contribution < -0.4 is 0 Å². The summed E-state index contributed by atoms with van der Waals surface area (Å²) in [5.74, 6) is 1.52. The number of ether oxygens (including phenoxy) is 11. The van der Waals surface area contributed by atoms with E-state index in [9.17, 15) is 4.79 Å². The van der Waals surface area contributed by atoms with E-state index in [2.05, 4.69) is 5.92 Å². The monoisotopic (exact) mass is 568 g/mol. The van der Waals surface area contributed by atoms with Gasteiger partial charge in [-0.3, -0.25) is 4.79 Å². The quantitative estimate of drug-likeness (QED) is 0.0840. The second-order valence-corrected chi connectivity index (χ2v) is 7.52. The lowest BCUT2D eigenvalue weighted by Crippen LogP contribution is -2.15. The van der Waals surface area contributed by atoms with E-state index in [0.29, 0.717) is 139 Å². The van der Waals surface area contributed by atoms with E-state index in [1.54, 1.807) is 0 Å². The normalized spacial score (nSPS) is 11.2. The van der Waals surface area contributed by atoms with E-state index in [-0.39, 0.29) is 13.0 Å². The molecule has 0 fully saturated rings. The smallest absolute Gasteiger partial charge is 0.305 e. The van der Waals surface area contributed by atoms with Crippen molar-refractivity contribution in [3.63, 3.8) is 0 Å². The Balaban J connectivity index is 3.03. The fraction of sp³-hybridized carbons (Fsp3) is 0.885. The minimum atomic E-state index is -0.874. The predicted molar refractivity (Wildman–Crippen MR) is 140 cm³/mol. The van der Waals surface area contributed by atoms with Crippen molar-refractivity contribution in [1.82, 2.24) is 0 Å². The van der Waals surface area contributed by atoms with Crippen LogP contribution in [0.25, 0.3) is 0 Å². The Bertz CT molecular complexity index is 530. The van der Waals surface area contributed by atoms with E-state index in [4.69, 9.17) is 63.6 Å². The predicted octanol–water partition coefficient (Wildman–Crippen LogP) is 0.277. The number of rotatable bonds is 34. The molecule has 1 N–H and O–H groups in total. The highest BCUT2D eigenvalue weighted by atomic mass is 16.6. The second kappa shape index (κ2) is 34.6. The van der Waals surface area contributed by atoms with Crippen LogP contribution in [0.3, 0.4) is 0 Å². The minimum absolute atomic E-state index is 0.00175. The van der Waals surface area contributed by atoms with Gasteiger partial charge in [0.1, 0.15) is 6.61 Å². The second-order valence-electron chi connectivity index (χ2n) is 7.52. The third-order valence-electron chi connectivity index (χ3n) is 4.37. The summed E-state index contributed by atoms with van der Waals surface area (Å²) in [5.41, 5.74) is 0. The van der Waals surface area contributed by atoms with Crippen LogP contribution in [0.4, 0.5) is 0 Å². The van der Waals surface area contributed by atoms with Crippen molar-refractivity contribution >= 4 is 5.97 Å². The fourth-order valence-corrected chi connectivity index (χ4v) is 2.49. The SMILES string of the molecule is C#CCOCCOCCOCCOCCOCCOCCOCCOCCOCCOCCOCCC(=O)O. The number of aliphatic carboxylic acids is 1. The van der Waals surface area contributed by atoms with Gasteiger partial charge in [0.2, 0.25) is 0 Å². The lowest BCUT2D eigenvalue weighted by Gasteiger charge is -2.09. The van der Waals surface area contributed by atoms with Crippen LogP contribution >= 0.6 is 0 Å². The molecule has 13 heteroatoms. The van der Waals surface area contributed by atoms with Gasteiger partial charge in [0, 0.05) is 0 Å². The van der Waals surface area contributed by atoms with Gasteiger partial charge >= 0.3 is 5.97 Å². The Kier molecular flexibility index (Phi) is 33.4. The first-order chi connectivity index (χ1) is 19.3. The molecule has 0 saturated heterocycles. The van der Waals surface area contributed by atoms with Crippen LogP contribution in [-0.4, -0.2) is 156 Å². The molecule has 0 aliphatic heterocycles. The third kappa shape index (κ3) is 36.6. The molecule has 0 atom stereocenters. The molecular formula is C26H48O13. The molecular weight excluding hydrogens is 520 g/mol. The Morgan fingerprint density at radius 1 is 0.410 bits per heavy atom. The molecule has 0 aliphatic carbocycles. The van der Waals surface area contributed by atoms with E-state index in [1.165, 1.54) is 0 Å². The molecule has 39 heavy (non-hydrogen) atoms. The zero-order valence-corrected chi connectivity index (χ0v) is 23.2. The molecule has 0 unspecified atom stereocenters. The molecule has 0 heterocycles. The Labute approximate surface area is 232 Å². The van der Waals surface area contributed by atoms with Gasteiger partial charge in [0.05, 0.1) is 145 Å². The standard InChI is InChI=1S/C26H48O13/c1-2-4-29-6-8-31-10-12-33-14-16-35-18-20-37-22-24-39-25-23-38-21-19-36-17-15-34-13-11-32-9-7-30-5-3-26(27)28/h1H,3-25H2,(H,27,28). The lowest BCUT2D eigenvalue weighted by atomic mass is 10.5. The van der Waals surface area contributed by atoms with Gasteiger partial charge in [-0.2, -0.15) is 0 Å². The molecule has 0 saturated carbocycles. The maximum Gasteiger partial charge on any atom is 0.305 e. The van der Waals surface area contributed by atoms with Crippen molar-refractivity contribution in [2.75, 3.05) is 145 Å². The molecule has 0 bridgehead atoms. The molecule has 13 nitrogen and oxygen atoms in total. The first kappa shape index (κ1) is 37.6. The van der Waals surface area contributed by atoms with Gasteiger partial charge in [-0.25, -0.2) is 0 Å². The molecule has 0 spiro atoms. The average molecular weight is 569 g/mol. The first-order valence-electron chi connectivity index (χ1n) is 13.3. The van der Waals surface area contributed by atoms with Gasteiger partial charge < -0.3 is 57.2 Å². The molecule has 0 rings (SSSR count). The maximum atomic E-state index is 10.3. The van der Waals surface area contributed by atoms with Crippen molar-refractivity contribution in [1.29, 1.82) is 0 Å². The van der Waals surface area contributed by atoms with Gasteiger partial charge in [0.15, 0.2) is 0 Å². The average Bonchev–Trinajstić information content (AvgIpc) is 2.93. The van der Waals surface area contributed by atoms with Crippen LogP contribution in [0, 0.1) is 12.3 Å². The summed E-state index contributed by atoms with van der Waals surface area (Å²) >= 11 is 0. The van der Waals surface area contributed by atoms with Crippen molar-refractivity contribution in [2.45, 2.75) is 6.42 Å². The van der Waals surface area contributed by atoms with E-state index in [1.807, 2.05) is 0 Å². The number of carboxylic acid groups (broad SMARTS) is 1. The zero-order chi connectivity index (χ0) is 28.3. The molecule has 0 aliphatic rings. The highest BCUT2D eigenvalue weighted by molar-refractivity contribution is 5.66. The van der Waals surface area contributed by atoms with Crippen LogP contribution in [0.5, 0.6) is 0 Å². The Morgan fingerprint density at radius 2 is 0.615 bits per heavy atom. The van der Waals surface area contributed by atoms with Crippen molar-refractivity contribution < 1.29 is 62.0 Å². The number of carbonyl (C=O) groups is 1. The van der Waals surface area contributed by atoms with Gasteiger partial charge in [-0.05, 0) is 0 Å². The molecule has 0 radical (unpaired) electrons. The number of terminal acetylenes is 1. The third-order valence-corrected chi connectivity index (χ3v) is 4.37. The van der Waals surface area contributed by atoms with Crippen LogP contribution in [-0.2, 0) is 56.9 Å². The minimum Gasteiger partial charge on any atom is -0.481 e. The summed E-state index contributed by atoms with van der Waals surface area (Å²) in [7, 11) is 0. The Morgan fingerprint density at radius 3 is 0.821 bits per heavy atom. The van der Waals surface area contributed by atoms with Gasteiger partial charge in [0.25, 0.3) is 0 Å². The number of hydrogen-bond donors (Lipinski definition) is 1. The molecule has 230 valence electrons. The van der Waals surface area contributed by atoms with Crippen LogP contribution in [0.15, 0.2) is 0 Å². The van der Waals surface area contributed by atoms with E-state index in [0.717, 1.165) is 0 Å². The highest BCUT2D eigenvalue weighted by Crippen LogP contribution is 1.87.